The van der Waals surface area contributed by atoms with Crippen LogP contribution in [-0.2, 0) is 0 Å². The van der Waals surface area contributed by atoms with Crippen LogP contribution in [-0.4, -0.2) is 0 Å². The Labute approximate surface area is 100 Å². The van der Waals surface area contributed by atoms with Crippen LogP contribution in [0, 0.1) is 0 Å². The highest BCUT2D eigenvalue weighted by Gasteiger charge is 1.95. The topological polar surface area (TPSA) is 26.0 Å². The molecule has 0 spiro atoms. The minimum Gasteiger partial charge on any atom is -0.398 e. The first-order chi connectivity index (χ1) is 7.75. The summed E-state index contributed by atoms with van der Waals surface area (Å²) in [5.41, 5.74) is 8.82. The normalized spacial score (nSPS) is 11.4. The molecule has 1 nitrogen and oxygen atoms in total. The molecule has 0 fully saturated rings. The summed E-state index contributed by atoms with van der Waals surface area (Å²) in [4.78, 5) is 0. The van der Waals surface area contributed by atoms with Crippen molar-refractivity contribution in [3.63, 3.8) is 0 Å². The van der Waals surface area contributed by atoms with E-state index < -0.39 is 0 Å². The average Bonchev–Trinajstić information content (AvgIpc) is 2.33. The number of halogens is 1. The zero-order chi connectivity index (χ0) is 11.4. The molecule has 16 heavy (non-hydrogen) atoms. The first-order valence-electron chi connectivity index (χ1n) is 5.04. The monoisotopic (exact) mass is 229 g/mol. The zero-order valence-corrected chi connectivity index (χ0v) is 9.48. The van der Waals surface area contributed by atoms with Crippen molar-refractivity contribution < 1.29 is 0 Å². The first-order valence-corrected chi connectivity index (χ1v) is 5.42. The standard InChI is InChI=1S/C14H12ClN/c15-13-8-6-11(7-9-13)10-14(16)12-4-2-1-3-5-12/h1-10H,16H2/b14-10+. The Hall–Kier alpha value is -1.73. The van der Waals surface area contributed by atoms with Gasteiger partial charge in [0.15, 0.2) is 0 Å². The molecule has 0 heterocycles. The second-order valence-electron chi connectivity index (χ2n) is 3.52. The molecular formula is C14H12ClN. The molecule has 2 heteroatoms. The van der Waals surface area contributed by atoms with Crippen LogP contribution in [0.4, 0.5) is 0 Å². The molecule has 0 aromatic heterocycles. The molecule has 0 radical (unpaired) electrons. The quantitative estimate of drug-likeness (QED) is 0.779. The van der Waals surface area contributed by atoms with E-state index in [2.05, 4.69) is 0 Å². The third-order valence-corrected chi connectivity index (χ3v) is 2.55. The van der Waals surface area contributed by atoms with Gasteiger partial charge < -0.3 is 5.73 Å². The molecule has 0 atom stereocenters. The van der Waals surface area contributed by atoms with Gasteiger partial charge in [0.2, 0.25) is 0 Å². The van der Waals surface area contributed by atoms with E-state index in [1.165, 1.54) is 0 Å². The van der Waals surface area contributed by atoms with Crippen molar-refractivity contribution >= 4 is 23.4 Å². The van der Waals surface area contributed by atoms with Crippen molar-refractivity contribution in [1.82, 2.24) is 0 Å². The van der Waals surface area contributed by atoms with Crippen LogP contribution in [0.1, 0.15) is 11.1 Å². The van der Waals surface area contributed by atoms with Crippen LogP contribution in [0.25, 0.3) is 11.8 Å². The fourth-order valence-corrected chi connectivity index (χ4v) is 1.58. The summed E-state index contributed by atoms with van der Waals surface area (Å²) in [6.45, 7) is 0. The lowest BCUT2D eigenvalue weighted by Crippen LogP contribution is -1.95. The van der Waals surface area contributed by atoms with Crippen LogP contribution in [0.3, 0.4) is 0 Å². The van der Waals surface area contributed by atoms with Crippen molar-refractivity contribution in [3.8, 4) is 0 Å². The molecule has 2 aromatic carbocycles. The second kappa shape index (κ2) is 4.86. The Balaban J connectivity index is 2.28. The van der Waals surface area contributed by atoms with E-state index in [9.17, 15) is 0 Å². The van der Waals surface area contributed by atoms with Crippen LogP contribution >= 0.6 is 11.6 Å². The number of hydrogen-bond donors (Lipinski definition) is 1. The van der Waals surface area contributed by atoms with E-state index in [0.717, 1.165) is 21.8 Å². The van der Waals surface area contributed by atoms with Gasteiger partial charge in [-0.2, -0.15) is 0 Å². The van der Waals surface area contributed by atoms with Gasteiger partial charge in [0.25, 0.3) is 0 Å². The molecule has 80 valence electrons. The molecule has 2 N–H and O–H groups in total. The van der Waals surface area contributed by atoms with Gasteiger partial charge in [-0.25, -0.2) is 0 Å². The SMILES string of the molecule is N/C(=C/c1ccc(Cl)cc1)c1ccccc1. The second-order valence-corrected chi connectivity index (χ2v) is 3.95. The highest BCUT2D eigenvalue weighted by atomic mass is 35.5. The summed E-state index contributed by atoms with van der Waals surface area (Å²) in [5, 5.41) is 0.732. The lowest BCUT2D eigenvalue weighted by atomic mass is 10.1. The number of nitrogens with two attached hydrogens (primary N) is 1. The summed E-state index contributed by atoms with van der Waals surface area (Å²) >= 11 is 5.81. The largest absolute Gasteiger partial charge is 0.398 e. The highest BCUT2D eigenvalue weighted by Crippen LogP contribution is 2.15. The Morgan fingerprint density at radius 3 is 2.19 bits per heavy atom. The minimum atomic E-state index is 0.732. The zero-order valence-electron chi connectivity index (χ0n) is 8.73. The van der Waals surface area contributed by atoms with Crippen LogP contribution in [0.5, 0.6) is 0 Å². The smallest absolute Gasteiger partial charge is 0.0406 e. The van der Waals surface area contributed by atoms with E-state index in [1.54, 1.807) is 0 Å². The summed E-state index contributed by atoms with van der Waals surface area (Å²) < 4.78 is 0. The maximum absolute atomic E-state index is 5.99. The molecule has 2 rings (SSSR count). The van der Waals surface area contributed by atoms with Crippen LogP contribution in [0.2, 0.25) is 5.02 Å². The van der Waals surface area contributed by atoms with E-state index in [4.69, 9.17) is 17.3 Å². The highest BCUT2D eigenvalue weighted by molar-refractivity contribution is 6.30. The van der Waals surface area contributed by atoms with Crippen molar-refractivity contribution in [2.75, 3.05) is 0 Å². The van der Waals surface area contributed by atoms with E-state index in [0.29, 0.717) is 0 Å². The molecule has 0 aliphatic carbocycles. The Morgan fingerprint density at radius 2 is 1.56 bits per heavy atom. The molecule has 0 aliphatic heterocycles. The Kier molecular flexibility index (Phi) is 3.28. The van der Waals surface area contributed by atoms with Gasteiger partial charge in [0, 0.05) is 10.7 Å². The molecular weight excluding hydrogens is 218 g/mol. The summed E-state index contributed by atoms with van der Waals surface area (Å²) in [6.07, 6.45) is 1.94. The maximum Gasteiger partial charge on any atom is 0.0406 e. The summed E-state index contributed by atoms with van der Waals surface area (Å²) in [5.74, 6) is 0. The number of hydrogen-bond acceptors (Lipinski definition) is 1. The molecule has 0 saturated carbocycles. The van der Waals surface area contributed by atoms with Crippen LogP contribution < -0.4 is 5.73 Å². The fourth-order valence-electron chi connectivity index (χ4n) is 1.45. The van der Waals surface area contributed by atoms with Gasteiger partial charge in [-0.15, -0.1) is 0 Å². The number of benzene rings is 2. The van der Waals surface area contributed by atoms with Crippen molar-refractivity contribution in [2.45, 2.75) is 0 Å². The molecule has 2 aromatic rings. The van der Waals surface area contributed by atoms with Crippen molar-refractivity contribution in [3.05, 3.63) is 70.7 Å². The van der Waals surface area contributed by atoms with Gasteiger partial charge in [-0.1, -0.05) is 54.1 Å². The first kappa shape index (κ1) is 10.8. The van der Waals surface area contributed by atoms with E-state index in [1.807, 2.05) is 60.7 Å². The molecule has 0 amide bonds. The Bertz CT molecular complexity index is 486. The van der Waals surface area contributed by atoms with E-state index in [-0.39, 0.29) is 0 Å². The third-order valence-electron chi connectivity index (χ3n) is 2.30. The molecule has 0 saturated heterocycles. The van der Waals surface area contributed by atoms with Gasteiger partial charge in [-0.05, 0) is 29.3 Å². The number of rotatable bonds is 2. The van der Waals surface area contributed by atoms with Crippen LogP contribution in [0.15, 0.2) is 54.6 Å². The average molecular weight is 230 g/mol. The Morgan fingerprint density at radius 1 is 0.938 bits per heavy atom. The summed E-state index contributed by atoms with van der Waals surface area (Å²) in [7, 11) is 0. The van der Waals surface area contributed by atoms with Gasteiger partial charge in [0.1, 0.15) is 0 Å². The summed E-state index contributed by atoms with van der Waals surface area (Å²) in [6, 6.07) is 17.5. The molecule has 0 aliphatic rings. The van der Waals surface area contributed by atoms with Crippen molar-refractivity contribution in [2.24, 2.45) is 5.73 Å². The van der Waals surface area contributed by atoms with Gasteiger partial charge in [0.05, 0.1) is 0 Å². The molecule has 0 unspecified atom stereocenters. The lowest BCUT2D eigenvalue weighted by molar-refractivity contribution is 1.53. The van der Waals surface area contributed by atoms with Crippen molar-refractivity contribution in [1.29, 1.82) is 0 Å². The fraction of sp³-hybridized carbons (Fsp3) is 0. The third kappa shape index (κ3) is 2.65. The minimum absolute atomic E-state index is 0.732. The lowest BCUT2D eigenvalue weighted by Gasteiger charge is -2.01. The van der Waals surface area contributed by atoms with Gasteiger partial charge >= 0.3 is 0 Å². The predicted molar refractivity (Wildman–Crippen MR) is 70.0 cm³/mol. The van der Waals surface area contributed by atoms with Gasteiger partial charge in [-0.3, -0.25) is 0 Å². The van der Waals surface area contributed by atoms with E-state index >= 15 is 0 Å². The maximum atomic E-state index is 5.99. The molecule has 0 bridgehead atoms. The predicted octanol–water partition coefficient (Wildman–Crippen LogP) is 3.80.